The van der Waals surface area contributed by atoms with Gasteiger partial charge in [0.25, 0.3) is 0 Å². The Morgan fingerprint density at radius 2 is 1.73 bits per heavy atom. The summed E-state index contributed by atoms with van der Waals surface area (Å²) >= 11 is 6.41. The molecule has 0 saturated heterocycles. The summed E-state index contributed by atoms with van der Waals surface area (Å²) in [5.41, 5.74) is 2.32. The highest BCUT2D eigenvalue weighted by Crippen LogP contribution is 2.29. The molecule has 0 saturated carbocycles. The highest BCUT2D eigenvalue weighted by molar-refractivity contribution is 6.31. The molecule has 0 heterocycles. The van der Waals surface area contributed by atoms with Crippen LogP contribution in [-0.4, -0.2) is 32.6 Å². The third kappa shape index (κ3) is 4.01. The van der Waals surface area contributed by atoms with Crippen molar-refractivity contribution in [2.75, 3.05) is 27.7 Å². The van der Waals surface area contributed by atoms with Gasteiger partial charge in [0.05, 0.1) is 7.11 Å². The standard InChI is InChI=1S/C22H25ClN2O/c1-25(2)21(18-10-6-7-11-20(18)23)15-24-14-19-17-9-5-4-8-16(17)12-13-22(19)26-3/h4-13,21,24H,14-15H2,1-3H3. The summed E-state index contributed by atoms with van der Waals surface area (Å²) in [4.78, 5) is 2.19. The molecule has 1 unspecified atom stereocenters. The van der Waals surface area contributed by atoms with E-state index < -0.39 is 0 Å². The number of rotatable bonds is 7. The average molecular weight is 369 g/mol. The van der Waals surface area contributed by atoms with Crippen molar-refractivity contribution in [2.45, 2.75) is 12.6 Å². The molecular weight excluding hydrogens is 344 g/mol. The van der Waals surface area contributed by atoms with Gasteiger partial charge in [0, 0.05) is 29.7 Å². The zero-order chi connectivity index (χ0) is 18.5. The van der Waals surface area contributed by atoms with E-state index in [9.17, 15) is 0 Å². The molecule has 3 aromatic rings. The van der Waals surface area contributed by atoms with Crippen molar-refractivity contribution in [1.82, 2.24) is 10.2 Å². The maximum atomic E-state index is 6.41. The Balaban J connectivity index is 1.80. The second kappa shape index (κ2) is 8.54. The Bertz CT molecular complexity index is 879. The van der Waals surface area contributed by atoms with Crippen molar-refractivity contribution in [3.05, 3.63) is 76.8 Å². The van der Waals surface area contributed by atoms with E-state index in [1.807, 2.05) is 24.3 Å². The van der Waals surface area contributed by atoms with Gasteiger partial charge in [0.1, 0.15) is 5.75 Å². The zero-order valence-electron chi connectivity index (χ0n) is 15.5. The number of ether oxygens (including phenoxy) is 1. The number of methoxy groups -OCH3 is 1. The number of hydrogen-bond donors (Lipinski definition) is 1. The predicted molar refractivity (Wildman–Crippen MR) is 110 cm³/mol. The maximum Gasteiger partial charge on any atom is 0.123 e. The molecule has 3 rings (SSSR count). The fourth-order valence-electron chi connectivity index (χ4n) is 3.34. The molecule has 3 aromatic carbocycles. The molecule has 26 heavy (non-hydrogen) atoms. The van der Waals surface area contributed by atoms with Crippen molar-refractivity contribution < 1.29 is 4.74 Å². The van der Waals surface area contributed by atoms with Crippen molar-refractivity contribution in [2.24, 2.45) is 0 Å². The SMILES string of the molecule is COc1ccc2ccccc2c1CNCC(c1ccccc1Cl)N(C)C. The van der Waals surface area contributed by atoms with Crippen LogP contribution in [0.15, 0.2) is 60.7 Å². The van der Waals surface area contributed by atoms with Crippen LogP contribution in [0.2, 0.25) is 5.02 Å². The quantitative estimate of drug-likeness (QED) is 0.642. The smallest absolute Gasteiger partial charge is 0.123 e. The third-order valence-electron chi connectivity index (χ3n) is 4.74. The van der Waals surface area contributed by atoms with Crippen LogP contribution in [0.3, 0.4) is 0 Å². The van der Waals surface area contributed by atoms with Crippen molar-refractivity contribution in [3.8, 4) is 5.75 Å². The number of hydrogen-bond acceptors (Lipinski definition) is 3. The zero-order valence-corrected chi connectivity index (χ0v) is 16.3. The molecule has 0 spiro atoms. The van der Waals surface area contributed by atoms with E-state index in [0.717, 1.165) is 29.4 Å². The van der Waals surface area contributed by atoms with E-state index in [4.69, 9.17) is 16.3 Å². The van der Waals surface area contributed by atoms with E-state index >= 15 is 0 Å². The molecule has 0 radical (unpaired) electrons. The molecule has 4 heteroatoms. The van der Waals surface area contributed by atoms with Crippen LogP contribution < -0.4 is 10.1 Å². The molecule has 136 valence electrons. The lowest BCUT2D eigenvalue weighted by Gasteiger charge is -2.26. The molecule has 0 amide bonds. The first-order chi connectivity index (χ1) is 12.6. The lowest BCUT2D eigenvalue weighted by molar-refractivity contribution is 0.288. The van der Waals surface area contributed by atoms with Crippen LogP contribution in [0.5, 0.6) is 5.75 Å². The molecule has 1 atom stereocenters. The van der Waals surface area contributed by atoms with E-state index in [2.05, 4.69) is 60.7 Å². The minimum Gasteiger partial charge on any atom is -0.496 e. The van der Waals surface area contributed by atoms with Gasteiger partial charge in [-0.2, -0.15) is 0 Å². The molecule has 0 fully saturated rings. The van der Waals surface area contributed by atoms with Gasteiger partial charge in [0.2, 0.25) is 0 Å². The first-order valence-electron chi connectivity index (χ1n) is 8.78. The van der Waals surface area contributed by atoms with Gasteiger partial charge >= 0.3 is 0 Å². The summed E-state index contributed by atoms with van der Waals surface area (Å²) in [7, 11) is 5.88. The Morgan fingerprint density at radius 3 is 2.46 bits per heavy atom. The predicted octanol–water partition coefficient (Wildman–Crippen LogP) is 4.89. The Hall–Kier alpha value is -2.07. The molecule has 0 aliphatic rings. The molecular formula is C22H25ClN2O. The van der Waals surface area contributed by atoms with Crippen LogP contribution in [0.25, 0.3) is 10.8 Å². The number of likely N-dealkylation sites (N-methyl/N-ethyl adjacent to an activating group) is 1. The van der Waals surface area contributed by atoms with E-state index in [1.165, 1.54) is 16.3 Å². The molecule has 0 aliphatic heterocycles. The monoisotopic (exact) mass is 368 g/mol. The number of nitrogens with one attached hydrogen (secondary N) is 1. The topological polar surface area (TPSA) is 24.5 Å². The van der Waals surface area contributed by atoms with Gasteiger partial charge in [-0.25, -0.2) is 0 Å². The summed E-state index contributed by atoms with van der Waals surface area (Å²) in [6.07, 6.45) is 0. The minimum absolute atomic E-state index is 0.199. The van der Waals surface area contributed by atoms with Crippen molar-refractivity contribution >= 4 is 22.4 Å². The van der Waals surface area contributed by atoms with Crippen LogP contribution >= 0.6 is 11.6 Å². The first kappa shape index (κ1) is 18.7. The van der Waals surface area contributed by atoms with Gasteiger partial charge in [-0.15, -0.1) is 0 Å². The number of nitrogens with zero attached hydrogens (tertiary/aromatic N) is 1. The summed E-state index contributed by atoms with van der Waals surface area (Å²) < 4.78 is 5.59. The Labute approximate surface area is 160 Å². The highest BCUT2D eigenvalue weighted by atomic mass is 35.5. The fourth-order valence-corrected chi connectivity index (χ4v) is 3.60. The summed E-state index contributed by atoms with van der Waals surface area (Å²) in [5, 5.41) is 6.84. The number of halogens is 1. The third-order valence-corrected chi connectivity index (χ3v) is 5.09. The number of fused-ring (bicyclic) bond motifs is 1. The van der Waals surface area contributed by atoms with Crippen LogP contribution in [0.1, 0.15) is 17.2 Å². The summed E-state index contributed by atoms with van der Waals surface area (Å²) in [6.45, 7) is 1.53. The Morgan fingerprint density at radius 1 is 1.00 bits per heavy atom. The Kier molecular flexibility index (Phi) is 6.15. The van der Waals surface area contributed by atoms with Crippen molar-refractivity contribution in [1.29, 1.82) is 0 Å². The lowest BCUT2D eigenvalue weighted by atomic mass is 10.0. The fraction of sp³-hybridized carbons (Fsp3) is 0.273. The number of benzene rings is 3. The second-order valence-electron chi connectivity index (χ2n) is 6.60. The van der Waals surface area contributed by atoms with E-state index in [-0.39, 0.29) is 6.04 Å². The van der Waals surface area contributed by atoms with Crippen LogP contribution in [0.4, 0.5) is 0 Å². The minimum atomic E-state index is 0.199. The first-order valence-corrected chi connectivity index (χ1v) is 9.15. The van der Waals surface area contributed by atoms with Crippen LogP contribution in [-0.2, 0) is 6.54 Å². The maximum absolute atomic E-state index is 6.41. The van der Waals surface area contributed by atoms with E-state index in [1.54, 1.807) is 7.11 Å². The second-order valence-corrected chi connectivity index (χ2v) is 7.01. The van der Waals surface area contributed by atoms with Gasteiger partial charge in [0.15, 0.2) is 0 Å². The largest absolute Gasteiger partial charge is 0.496 e. The molecule has 3 nitrogen and oxygen atoms in total. The average Bonchev–Trinajstić information content (AvgIpc) is 2.65. The summed E-state index contributed by atoms with van der Waals surface area (Å²) in [5.74, 6) is 0.912. The molecule has 0 bridgehead atoms. The molecule has 0 aliphatic carbocycles. The van der Waals surface area contributed by atoms with Gasteiger partial charge in [-0.05, 0) is 42.6 Å². The van der Waals surface area contributed by atoms with Crippen molar-refractivity contribution in [3.63, 3.8) is 0 Å². The van der Waals surface area contributed by atoms with Gasteiger partial charge < -0.3 is 15.0 Å². The lowest BCUT2D eigenvalue weighted by Crippen LogP contribution is -2.31. The van der Waals surface area contributed by atoms with Crippen LogP contribution in [0, 0.1) is 0 Å². The highest BCUT2D eigenvalue weighted by Gasteiger charge is 2.17. The van der Waals surface area contributed by atoms with Gasteiger partial charge in [-0.1, -0.05) is 60.1 Å². The van der Waals surface area contributed by atoms with E-state index in [0.29, 0.717) is 0 Å². The summed E-state index contributed by atoms with van der Waals surface area (Å²) in [6, 6.07) is 20.8. The van der Waals surface area contributed by atoms with Gasteiger partial charge in [-0.3, -0.25) is 0 Å². The molecule has 1 N–H and O–H groups in total. The molecule has 0 aromatic heterocycles. The normalized spacial score (nSPS) is 12.5.